The van der Waals surface area contributed by atoms with Crippen LogP contribution in [0.15, 0.2) is 30.0 Å². The molecule has 1 N–H and O–H groups in total. The molecule has 0 bridgehead atoms. The summed E-state index contributed by atoms with van der Waals surface area (Å²) in [7, 11) is -4.10. The SMILES string of the molecule is CCOC(=O)C(=CN[C@](C)(OOc1ccc(F)c(F)c1)S(C)(=O)=O)C(=O)OCC. The van der Waals surface area contributed by atoms with Crippen LogP contribution in [0.4, 0.5) is 8.78 Å². The Labute approximate surface area is 166 Å². The zero-order valence-corrected chi connectivity index (χ0v) is 17.0. The molecule has 1 rings (SSSR count). The van der Waals surface area contributed by atoms with Crippen molar-refractivity contribution in [3.05, 3.63) is 41.6 Å². The van der Waals surface area contributed by atoms with Crippen molar-refractivity contribution in [2.45, 2.75) is 25.8 Å². The van der Waals surface area contributed by atoms with E-state index in [4.69, 9.17) is 19.2 Å². The molecule has 0 saturated heterocycles. The van der Waals surface area contributed by atoms with Gasteiger partial charge >= 0.3 is 11.9 Å². The quantitative estimate of drug-likeness (QED) is 0.111. The number of rotatable bonds is 10. The maximum Gasteiger partial charge on any atom is 0.347 e. The van der Waals surface area contributed by atoms with Crippen molar-refractivity contribution in [3.8, 4) is 5.75 Å². The molecule has 1 atom stereocenters. The molecule has 0 amide bonds. The van der Waals surface area contributed by atoms with Crippen LogP contribution in [0.25, 0.3) is 0 Å². The van der Waals surface area contributed by atoms with Crippen LogP contribution in [-0.4, -0.2) is 44.9 Å². The smallest absolute Gasteiger partial charge is 0.347 e. The first-order valence-electron chi connectivity index (χ1n) is 8.27. The van der Waals surface area contributed by atoms with Crippen LogP contribution in [0, 0.1) is 11.6 Å². The third-order valence-corrected chi connectivity index (χ3v) is 4.97. The zero-order valence-electron chi connectivity index (χ0n) is 16.2. The van der Waals surface area contributed by atoms with Crippen molar-refractivity contribution < 1.29 is 46.0 Å². The van der Waals surface area contributed by atoms with Gasteiger partial charge in [-0.15, -0.1) is 4.89 Å². The van der Waals surface area contributed by atoms with E-state index < -0.39 is 44.0 Å². The van der Waals surface area contributed by atoms with Gasteiger partial charge in [-0.05, 0) is 26.0 Å². The predicted molar refractivity (Wildman–Crippen MR) is 95.8 cm³/mol. The van der Waals surface area contributed by atoms with E-state index in [2.05, 4.69) is 5.32 Å². The number of sulfone groups is 1. The van der Waals surface area contributed by atoms with Crippen molar-refractivity contribution in [3.63, 3.8) is 0 Å². The van der Waals surface area contributed by atoms with Gasteiger partial charge in [-0.3, -0.25) is 0 Å². The van der Waals surface area contributed by atoms with Gasteiger partial charge in [-0.25, -0.2) is 26.8 Å². The number of benzene rings is 1. The third-order valence-electron chi connectivity index (χ3n) is 3.36. The average molecular weight is 437 g/mol. The van der Waals surface area contributed by atoms with Crippen molar-refractivity contribution in [1.29, 1.82) is 0 Å². The molecule has 12 heteroatoms. The Morgan fingerprint density at radius 3 is 2.10 bits per heavy atom. The molecular formula is C17H21F2NO8S. The lowest BCUT2D eigenvalue weighted by Gasteiger charge is -2.26. The van der Waals surface area contributed by atoms with E-state index >= 15 is 0 Å². The van der Waals surface area contributed by atoms with Crippen LogP contribution < -0.4 is 10.2 Å². The van der Waals surface area contributed by atoms with E-state index in [0.29, 0.717) is 6.07 Å². The molecule has 0 aliphatic carbocycles. The van der Waals surface area contributed by atoms with E-state index in [1.165, 1.54) is 13.8 Å². The Kier molecular flexibility index (Phi) is 8.52. The topological polar surface area (TPSA) is 117 Å². The maximum absolute atomic E-state index is 13.3. The molecule has 0 aliphatic rings. The molecular weight excluding hydrogens is 416 g/mol. The van der Waals surface area contributed by atoms with Gasteiger partial charge < -0.3 is 19.7 Å². The van der Waals surface area contributed by atoms with Crippen LogP contribution in [0.1, 0.15) is 20.8 Å². The number of nitrogens with one attached hydrogen (secondary N) is 1. The van der Waals surface area contributed by atoms with E-state index in [-0.39, 0.29) is 19.0 Å². The van der Waals surface area contributed by atoms with Gasteiger partial charge in [-0.2, -0.15) is 0 Å². The van der Waals surface area contributed by atoms with Crippen LogP contribution >= 0.6 is 0 Å². The van der Waals surface area contributed by atoms with E-state index in [0.717, 1.165) is 31.5 Å². The summed E-state index contributed by atoms with van der Waals surface area (Å²) in [5.74, 6) is -4.84. The molecule has 29 heavy (non-hydrogen) atoms. The molecule has 0 aliphatic heterocycles. The Bertz CT molecular complexity index is 867. The lowest BCUT2D eigenvalue weighted by molar-refractivity contribution is -0.262. The Balaban J connectivity index is 3.14. The van der Waals surface area contributed by atoms with Crippen LogP contribution in [-0.2, 0) is 33.8 Å². The van der Waals surface area contributed by atoms with E-state index in [1.807, 2.05) is 0 Å². The molecule has 0 saturated carbocycles. The minimum Gasteiger partial charge on any atom is -0.462 e. The monoisotopic (exact) mass is 437 g/mol. The molecule has 0 heterocycles. The molecule has 0 unspecified atom stereocenters. The number of carbonyl (C=O) groups excluding carboxylic acids is 2. The largest absolute Gasteiger partial charge is 0.462 e. The van der Waals surface area contributed by atoms with E-state index in [9.17, 15) is 26.8 Å². The second kappa shape index (κ2) is 10.2. The number of carbonyl (C=O) groups is 2. The summed E-state index contributed by atoms with van der Waals surface area (Å²) in [5, 5.41) is -0.0869. The molecule has 9 nitrogen and oxygen atoms in total. The van der Waals surface area contributed by atoms with Gasteiger partial charge in [0.1, 0.15) is 0 Å². The minimum atomic E-state index is -4.10. The summed E-state index contributed by atoms with van der Waals surface area (Å²) in [6.07, 6.45) is 1.52. The lowest BCUT2D eigenvalue weighted by atomic mass is 10.3. The zero-order chi connectivity index (χ0) is 22.2. The predicted octanol–water partition coefficient (Wildman–Crippen LogP) is 1.59. The van der Waals surface area contributed by atoms with Crippen molar-refractivity contribution >= 4 is 21.8 Å². The summed E-state index contributed by atoms with van der Waals surface area (Å²) in [6.45, 7) is 3.93. The van der Waals surface area contributed by atoms with Gasteiger partial charge in [0, 0.05) is 25.4 Å². The van der Waals surface area contributed by atoms with Gasteiger partial charge in [0.25, 0.3) is 5.06 Å². The Hall–Kier alpha value is -2.73. The summed E-state index contributed by atoms with van der Waals surface area (Å²) in [5.41, 5.74) is -0.625. The minimum absolute atomic E-state index is 0.0470. The number of hydrogen-bond acceptors (Lipinski definition) is 9. The molecule has 0 aromatic heterocycles. The number of halogens is 2. The molecule has 1 aromatic rings. The Morgan fingerprint density at radius 1 is 1.10 bits per heavy atom. The van der Waals surface area contributed by atoms with Crippen LogP contribution in [0.2, 0.25) is 0 Å². The van der Waals surface area contributed by atoms with Crippen molar-refractivity contribution in [2.75, 3.05) is 19.5 Å². The van der Waals surface area contributed by atoms with E-state index in [1.54, 1.807) is 0 Å². The first kappa shape index (κ1) is 24.3. The van der Waals surface area contributed by atoms with Crippen LogP contribution in [0.5, 0.6) is 5.75 Å². The van der Waals surface area contributed by atoms with Gasteiger partial charge in [0.2, 0.25) is 0 Å². The molecule has 0 fully saturated rings. The highest BCUT2D eigenvalue weighted by molar-refractivity contribution is 7.91. The third kappa shape index (κ3) is 6.68. The summed E-state index contributed by atoms with van der Waals surface area (Å²) >= 11 is 0. The fraction of sp³-hybridized carbons (Fsp3) is 0.412. The summed E-state index contributed by atoms with van der Waals surface area (Å²) in [4.78, 5) is 33.5. The molecule has 1 aromatic carbocycles. The fourth-order valence-electron chi connectivity index (χ4n) is 1.67. The molecule has 0 spiro atoms. The van der Waals surface area contributed by atoms with Gasteiger partial charge in [-0.1, -0.05) is 0 Å². The van der Waals surface area contributed by atoms with Crippen molar-refractivity contribution in [2.24, 2.45) is 0 Å². The number of hydrogen-bond donors (Lipinski definition) is 1. The summed E-state index contributed by atoms with van der Waals surface area (Å²) in [6, 6.07) is 2.38. The first-order chi connectivity index (χ1) is 13.4. The highest BCUT2D eigenvalue weighted by Gasteiger charge is 2.39. The normalized spacial score (nSPS) is 13.0. The van der Waals surface area contributed by atoms with Gasteiger partial charge in [0.05, 0.1) is 13.2 Å². The lowest BCUT2D eigenvalue weighted by Crippen LogP contribution is -2.50. The van der Waals surface area contributed by atoms with Crippen LogP contribution in [0.3, 0.4) is 0 Å². The Morgan fingerprint density at radius 2 is 1.66 bits per heavy atom. The molecule has 162 valence electrons. The maximum atomic E-state index is 13.3. The first-order valence-corrected chi connectivity index (χ1v) is 10.2. The number of ether oxygens (including phenoxy) is 2. The highest BCUT2D eigenvalue weighted by atomic mass is 32.2. The van der Waals surface area contributed by atoms with Crippen molar-refractivity contribution in [1.82, 2.24) is 5.32 Å². The highest BCUT2D eigenvalue weighted by Crippen LogP contribution is 2.21. The number of esters is 2. The standard InChI is InChI=1S/C17H21F2NO8S/c1-5-25-15(21)12(16(22)26-6-2)10-20-17(3,29(4,23)24)28-27-11-7-8-13(18)14(19)9-11/h7-10,20H,5-6H2,1-4H3/t17-/m1/s1. The second-order valence-corrected chi connectivity index (χ2v) is 7.93. The molecule has 0 radical (unpaired) electrons. The second-order valence-electron chi connectivity index (χ2n) is 5.60. The fourth-order valence-corrected chi connectivity index (χ4v) is 2.10. The summed E-state index contributed by atoms with van der Waals surface area (Å²) < 4.78 is 60.0. The van der Waals surface area contributed by atoms with Gasteiger partial charge in [0.15, 0.2) is 32.8 Å². The average Bonchev–Trinajstić information content (AvgIpc) is 2.62.